The van der Waals surface area contributed by atoms with Crippen LogP contribution in [0.3, 0.4) is 0 Å². The molecule has 1 unspecified atom stereocenters. The number of carbonyl (C=O) groups excluding carboxylic acids is 3. The van der Waals surface area contributed by atoms with Crippen molar-refractivity contribution in [2.45, 2.75) is 277 Å². The first-order chi connectivity index (χ1) is 36.5. The van der Waals surface area contributed by atoms with Gasteiger partial charge in [0.1, 0.15) is 13.2 Å². The van der Waals surface area contributed by atoms with Crippen LogP contribution in [0.4, 0.5) is 0 Å². The lowest BCUT2D eigenvalue weighted by Crippen LogP contribution is -2.30. The van der Waals surface area contributed by atoms with Crippen LogP contribution in [0, 0.1) is 0 Å². The molecule has 0 radical (unpaired) electrons. The first-order valence-electron chi connectivity index (χ1n) is 30.5. The van der Waals surface area contributed by atoms with E-state index in [1.807, 2.05) is 0 Å². The lowest BCUT2D eigenvalue weighted by atomic mass is 10.1. The Morgan fingerprint density at radius 2 is 0.527 bits per heavy atom. The van der Waals surface area contributed by atoms with E-state index in [-0.39, 0.29) is 31.1 Å². The van der Waals surface area contributed by atoms with Crippen LogP contribution >= 0.6 is 0 Å². The van der Waals surface area contributed by atoms with Gasteiger partial charge in [-0.1, -0.05) is 264 Å². The average Bonchev–Trinajstić information content (AvgIpc) is 3.40. The molecule has 0 fully saturated rings. The Labute approximate surface area is 456 Å². The summed E-state index contributed by atoms with van der Waals surface area (Å²) < 4.78 is 16.9. The summed E-state index contributed by atoms with van der Waals surface area (Å²) in [4.78, 5) is 38.2. The maximum absolute atomic E-state index is 12.9. The fourth-order valence-electron chi connectivity index (χ4n) is 8.20. The van der Waals surface area contributed by atoms with Gasteiger partial charge >= 0.3 is 17.9 Å². The van der Waals surface area contributed by atoms with Crippen molar-refractivity contribution in [3.63, 3.8) is 0 Å². The molecule has 0 spiro atoms. The Bertz CT molecular complexity index is 1550. The van der Waals surface area contributed by atoms with E-state index in [0.29, 0.717) is 19.3 Å². The Balaban J connectivity index is 4.34. The minimum Gasteiger partial charge on any atom is -0.462 e. The topological polar surface area (TPSA) is 78.9 Å². The van der Waals surface area contributed by atoms with Gasteiger partial charge in [-0.05, 0) is 109 Å². The van der Waals surface area contributed by atoms with Gasteiger partial charge in [-0.2, -0.15) is 0 Å². The zero-order valence-electron chi connectivity index (χ0n) is 48.1. The van der Waals surface area contributed by atoms with Crippen LogP contribution in [-0.2, 0) is 28.6 Å². The summed E-state index contributed by atoms with van der Waals surface area (Å²) in [5.74, 6) is -0.913. The lowest BCUT2D eigenvalue weighted by molar-refractivity contribution is -0.167. The number of carbonyl (C=O) groups is 3. The van der Waals surface area contributed by atoms with Gasteiger partial charge < -0.3 is 14.2 Å². The summed E-state index contributed by atoms with van der Waals surface area (Å²) in [7, 11) is 0. The van der Waals surface area contributed by atoms with Crippen molar-refractivity contribution in [2.24, 2.45) is 0 Å². The van der Waals surface area contributed by atoms with E-state index in [0.717, 1.165) is 148 Å². The van der Waals surface area contributed by atoms with E-state index in [9.17, 15) is 14.4 Å². The molecule has 0 rings (SSSR count). The predicted octanol–water partition coefficient (Wildman–Crippen LogP) is 20.8. The zero-order valence-corrected chi connectivity index (χ0v) is 48.1. The lowest BCUT2D eigenvalue weighted by Gasteiger charge is -2.18. The summed E-state index contributed by atoms with van der Waals surface area (Å²) in [6.45, 7) is 6.39. The number of unbranched alkanes of at least 4 members (excludes halogenated alkanes) is 23. The van der Waals surface area contributed by atoms with Crippen LogP contribution < -0.4 is 0 Å². The number of hydrogen-bond donors (Lipinski definition) is 0. The Kier molecular flexibility index (Phi) is 57.9. The highest BCUT2D eigenvalue weighted by Gasteiger charge is 2.19. The number of esters is 3. The molecule has 0 aliphatic rings. The normalized spacial score (nSPS) is 13.0. The highest BCUT2D eigenvalue weighted by atomic mass is 16.6. The molecule has 0 amide bonds. The maximum Gasteiger partial charge on any atom is 0.306 e. The van der Waals surface area contributed by atoms with Gasteiger partial charge in [-0.3, -0.25) is 14.4 Å². The molecule has 0 aliphatic heterocycles. The van der Waals surface area contributed by atoms with E-state index in [4.69, 9.17) is 14.2 Å². The van der Waals surface area contributed by atoms with Crippen molar-refractivity contribution in [1.82, 2.24) is 0 Å². The van der Waals surface area contributed by atoms with E-state index >= 15 is 0 Å². The summed E-state index contributed by atoms with van der Waals surface area (Å²) in [5, 5.41) is 0. The van der Waals surface area contributed by atoms with Gasteiger partial charge in [-0.15, -0.1) is 0 Å². The molecule has 0 bridgehead atoms. The van der Waals surface area contributed by atoms with Crippen molar-refractivity contribution in [3.05, 3.63) is 122 Å². The molecule has 1 atom stereocenters. The summed E-state index contributed by atoms with van der Waals surface area (Å²) >= 11 is 0. The predicted molar refractivity (Wildman–Crippen MR) is 320 cm³/mol. The van der Waals surface area contributed by atoms with E-state index in [2.05, 4.69) is 142 Å². The highest BCUT2D eigenvalue weighted by molar-refractivity contribution is 5.71. The quantitative estimate of drug-likeness (QED) is 0.0261. The molecule has 0 aromatic heterocycles. The zero-order chi connectivity index (χ0) is 53.6. The second-order valence-corrected chi connectivity index (χ2v) is 19.9. The molecule has 0 N–H and O–H groups in total. The third-order valence-electron chi connectivity index (χ3n) is 12.7. The molecule has 0 saturated heterocycles. The number of rotatable bonds is 54. The van der Waals surface area contributed by atoms with Crippen LogP contribution in [0.15, 0.2) is 122 Å². The van der Waals surface area contributed by atoms with Crippen LogP contribution in [0.1, 0.15) is 271 Å². The number of ether oxygens (including phenoxy) is 3. The maximum atomic E-state index is 12.9. The van der Waals surface area contributed by atoms with Gasteiger partial charge in [-0.25, -0.2) is 0 Å². The van der Waals surface area contributed by atoms with E-state index < -0.39 is 6.10 Å². The molecular weight excluding hydrogens is 913 g/mol. The fraction of sp³-hybridized carbons (Fsp3) is 0.662. The van der Waals surface area contributed by atoms with Gasteiger partial charge in [0, 0.05) is 19.3 Å². The monoisotopic (exact) mass is 1020 g/mol. The largest absolute Gasteiger partial charge is 0.462 e. The summed E-state index contributed by atoms with van der Waals surface area (Å²) in [6.07, 6.45) is 84.8. The molecule has 0 aliphatic carbocycles. The summed E-state index contributed by atoms with van der Waals surface area (Å²) in [6, 6.07) is 0. The standard InChI is InChI=1S/C68H112O6/c1-4-7-10-13-16-19-22-24-26-28-30-32-33-34-35-37-38-40-42-44-46-49-52-55-58-61-67(70)73-64-65(63-72-66(69)60-57-54-51-48-21-18-15-12-9-6-3)74-68(71)62-59-56-53-50-47-45-43-41-39-36-31-29-27-25-23-20-17-14-11-8-5-2/h7-8,10-11,16-17,19-20,24-27,30-32,34-36,41,43,65H,4-6,9,12-15,18,21-23,28-29,33,37-40,42,44-64H2,1-3H3/b10-7-,11-8-,19-16-,20-17-,26-24-,27-25-,32-30-,35-34-,36-31-,43-41-. The van der Waals surface area contributed by atoms with Crippen molar-refractivity contribution in [3.8, 4) is 0 Å². The molecule has 0 heterocycles. The molecule has 6 heteroatoms. The van der Waals surface area contributed by atoms with E-state index in [1.165, 1.54) is 83.5 Å². The third kappa shape index (κ3) is 58.7. The summed E-state index contributed by atoms with van der Waals surface area (Å²) in [5.41, 5.74) is 0. The van der Waals surface area contributed by atoms with Crippen molar-refractivity contribution >= 4 is 17.9 Å². The van der Waals surface area contributed by atoms with Crippen molar-refractivity contribution in [1.29, 1.82) is 0 Å². The second-order valence-electron chi connectivity index (χ2n) is 19.9. The van der Waals surface area contributed by atoms with Crippen LogP contribution in [0.25, 0.3) is 0 Å². The number of allylic oxidation sites excluding steroid dienone is 20. The SMILES string of the molecule is CC/C=C\C/C=C\C/C=C\C/C=C\C/C=C\CCCCCCCCCCCC(=O)OCC(COC(=O)CCCCCCCCCCCC)OC(=O)CCCCCCC/C=C\C/C=C\C/C=C\C/C=C\C/C=C\CC. The van der Waals surface area contributed by atoms with Gasteiger partial charge in [0.25, 0.3) is 0 Å². The molecule has 0 saturated carbocycles. The van der Waals surface area contributed by atoms with Crippen LogP contribution in [0.5, 0.6) is 0 Å². The van der Waals surface area contributed by atoms with Crippen LogP contribution in [0.2, 0.25) is 0 Å². The molecule has 6 nitrogen and oxygen atoms in total. The minimum absolute atomic E-state index is 0.0885. The van der Waals surface area contributed by atoms with Gasteiger partial charge in [0.15, 0.2) is 6.10 Å². The van der Waals surface area contributed by atoms with Gasteiger partial charge in [0.05, 0.1) is 0 Å². The Hall–Kier alpha value is -4.19. The fourth-order valence-corrected chi connectivity index (χ4v) is 8.20. The van der Waals surface area contributed by atoms with Gasteiger partial charge in [0.2, 0.25) is 0 Å². The third-order valence-corrected chi connectivity index (χ3v) is 12.7. The van der Waals surface area contributed by atoms with Crippen LogP contribution in [-0.4, -0.2) is 37.2 Å². The molecule has 420 valence electrons. The highest BCUT2D eigenvalue weighted by Crippen LogP contribution is 2.15. The van der Waals surface area contributed by atoms with Crippen molar-refractivity contribution < 1.29 is 28.6 Å². The minimum atomic E-state index is -0.793. The average molecular weight is 1030 g/mol. The Morgan fingerprint density at radius 3 is 0.824 bits per heavy atom. The van der Waals surface area contributed by atoms with E-state index in [1.54, 1.807) is 0 Å². The molecule has 0 aromatic rings. The molecular formula is C68H112O6. The number of hydrogen-bond acceptors (Lipinski definition) is 6. The van der Waals surface area contributed by atoms with Crippen molar-refractivity contribution in [2.75, 3.05) is 13.2 Å². The molecule has 0 aromatic carbocycles. The first-order valence-corrected chi connectivity index (χ1v) is 30.5. The second kappa shape index (κ2) is 61.4. The first kappa shape index (κ1) is 69.8. The molecule has 74 heavy (non-hydrogen) atoms. The smallest absolute Gasteiger partial charge is 0.306 e. The Morgan fingerprint density at radius 1 is 0.284 bits per heavy atom.